The van der Waals surface area contributed by atoms with Gasteiger partial charge in [0.1, 0.15) is 0 Å². The van der Waals surface area contributed by atoms with Gasteiger partial charge in [0, 0.05) is 6.54 Å². The van der Waals surface area contributed by atoms with Gasteiger partial charge in [-0.2, -0.15) is 0 Å². The highest BCUT2D eigenvalue weighted by atomic mass is 16.2. The van der Waals surface area contributed by atoms with E-state index in [0.717, 1.165) is 30.4 Å². The lowest BCUT2D eigenvalue weighted by atomic mass is 10.00. The molecule has 1 aliphatic heterocycles. The first-order chi connectivity index (χ1) is 10.2. The molecule has 2 atom stereocenters. The molecule has 4 nitrogen and oxygen atoms in total. The van der Waals surface area contributed by atoms with E-state index in [2.05, 4.69) is 6.92 Å². The fraction of sp³-hybridized carbons (Fsp3) is 0.529. The molecule has 2 N–H and O–H groups in total. The monoisotopic (exact) mass is 286 g/mol. The number of hydrogen-bond donors (Lipinski definition) is 1. The summed E-state index contributed by atoms with van der Waals surface area (Å²) in [6, 6.07) is 7.76. The van der Waals surface area contributed by atoms with E-state index in [0.29, 0.717) is 19.0 Å². The van der Waals surface area contributed by atoms with Crippen LogP contribution in [0, 0.1) is 17.8 Å². The second-order valence-corrected chi connectivity index (χ2v) is 6.19. The maximum absolute atomic E-state index is 12.5. The van der Waals surface area contributed by atoms with Crippen LogP contribution in [0.1, 0.15) is 37.3 Å². The molecule has 4 heteroatoms. The number of nitrogens with two attached hydrogens (primary N) is 1. The first-order valence-corrected chi connectivity index (χ1v) is 7.77. The molecule has 3 rings (SSSR count). The van der Waals surface area contributed by atoms with Crippen LogP contribution >= 0.6 is 0 Å². The van der Waals surface area contributed by atoms with Crippen molar-refractivity contribution >= 4 is 11.8 Å². The molecular weight excluding hydrogens is 264 g/mol. The molecule has 21 heavy (non-hydrogen) atoms. The van der Waals surface area contributed by atoms with Gasteiger partial charge < -0.3 is 5.73 Å². The van der Waals surface area contributed by atoms with E-state index in [1.807, 2.05) is 24.3 Å². The minimum Gasteiger partial charge on any atom is -0.326 e. The van der Waals surface area contributed by atoms with E-state index in [1.54, 1.807) is 0 Å². The van der Waals surface area contributed by atoms with Gasteiger partial charge in [0.25, 0.3) is 0 Å². The molecule has 2 aliphatic rings. The molecule has 0 bridgehead atoms. The minimum atomic E-state index is -0.0764. The van der Waals surface area contributed by atoms with Gasteiger partial charge in [-0.25, -0.2) is 0 Å². The van der Waals surface area contributed by atoms with Gasteiger partial charge in [-0.05, 0) is 29.9 Å². The summed E-state index contributed by atoms with van der Waals surface area (Å²) in [6.07, 6.45) is 2.81. The number of imide groups is 1. The highest BCUT2D eigenvalue weighted by Crippen LogP contribution is 2.44. The molecule has 1 saturated heterocycles. The van der Waals surface area contributed by atoms with Crippen molar-refractivity contribution in [1.82, 2.24) is 4.90 Å². The molecule has 2 amide bonds. The summed E-state index contributed by atoms with van der Waals surface area (Å²) >= 11 is 0. The van der Waals surface area contributed by atoms with Crippen molar-refractivity contribution < 1.29 is 9.59 Å². The molecule has 0 spiro atoms. The molecule has 2 unspecified atom stereocenters. The van der Waals surface area contributed by atoms with Gasteiger partial charge in [-0.3, -0.25) is 14.5 Å². The van der Waals surface area contributed by atoms with Crippen LogP contribution in [0.15, 0.2) is 24.3 Å². The van der Waals surface area contributed by atoms with Crippen molar-refractivity contribution in [1.29, 1.82) is 0 Å². The van der Waals surface area contributed by atoms with Gasteiger partial charge in [-0.15, -0.1) is 0 Å². The molecule has 1 heterocycles. The Hall–Kier alpha value is -1.68. The average Bonchev–Trinajstić information content (AvgIpc) is 3.03. The van der Waals surface area contributed by atoms with Crippen molar-refractivity contribution in [3.05, 3.63) is 35.4 Å². The van der Waals surface area contributed by atoms with Gasteiger partial charge in [0.15, 0.2) is 0 Å². The second-order valence-electron chi connectivity index (χ2n) is 6.19. The normalized spacial score (nSPS) is 28.3. The number of nitrogens with zero attached hydrogens (tertiary/aromatic N) is 1. The lowest BCUT2D eigenvalue weighted by Gasteiger charge is -2.19. The number of likely N-dealkylation sites (tertiary alicyclic amines) is 1. The van der Waals surface area contributed by atoms with Gasteiger partial charge in [0.05, 0.1) is 18.4 Å². The predicted molar refractivity (Wildman–Crippen MR) is 79.9 cm³/mol. The lowest BCUT2D eigenvalue weighted by Crippen LogP contribution is -2.32. The molecule has 0 radical (unpaired) electrons. The van der Waals surface area contributed by atoms with Crippen LogP contribution in [0.5, 0.6) is 0 Å². The van der Waals surface area contributed by atoms with Crippen LogP contribution in [-0.4, -0.2) is 16.7 Å². The third-order valence-corrected chi connectivity index (χ3v) is 5.07. The van der Waals surface area contributed by atoms with Crippen LogP contribution in [-0.2, 0) is 22.7 Å². The number of carbonyl (C=O) groups is 2. The first-order valence-electron chi connectivity index (χ1n) is 7.77. The van der Waals surface area contributed by atoms with E-state index >= 15 is 0 Å². The SMILES string of the molecule is CCC1CC2C(=O)N(Cc3ccccc3CN)C(=O)C2C1. The molecule has 1 aromatic carbocycles. The second kappa shape index (κ2) is 5.60. The van der Waals surface area contributed by atoms with Crippen LogP contribution < -0.4 is 5.73 Å². The van der Waals surface area contributed by atoms with Crippen molar-refractivity contribution in [2.45, 2.75) is 39.3 Å². The standard InChI is InChI=1S/C17H22N2O2/c1-2-11-7-14-15(8-11)17(21)19(16(14)20)10-13-6-4-3-5-12(13)9-18/h3-6,11,14-15H,2,7-10,18H2,1H3. The number of carbonyl (C=O) groups excluding carboxylic acids is 2. The van der Waals surface area contributed by atoms with Crippen LogP contribution in [0.25, 0.3) is 0 Å². The van der Waals surface area contributed by atoms with Crippen LogP contribution in [0.3, 0.4) is 0 Å². The Morgan fingerprint density at radius 3 is 2.19 bits per heavy atom. The van der Waals surface area contributed by atoms with Crippen molar-refractivity contribution in [2.24, 2.45) is 23.5 Å². The summed E-state index contributed by atoms with van der Waals surface area (Å²) in [6.45, 7) is 2.93. The summed E-state index contributed by atoms with van der Waals surface area (Å²) in [7, 11) is 0. The Balaban J connectivity index is 1.79. The Morgan fingerprint density at radius 2 is 1.67 bits per heavy atom. The zero-order chi connectivity index (χ0) is 15.0. The van der Waals surface area contributed by atoms with Crippen LogP contribution in [0.4, 0.5) is 0 Å². The summed E-state index contributed by atoms with van der Waals surface area (Å²) < 4.78 is 0. The van der Waals surface area contributed by atoms with E-state index in [4.69, 9.17) is 5.73 Å². The average molecular weight is 286 g/mol. The Labute approximate surface area is 125 Å². The predicted octanol–water partition coefficient (Wildman–Crippen LogP) is 2.07. The third-order valence-electron chi connectivity index (χ3n) is 5.07. The number of fused-ring (bicyclic) bond motifs is 1. The number of rotatable bonds is 4. The fourth-order valence-corrected chi connectivity index (χ4v) is 3.77. The Morgan fingerprint density at radius 1 is 1.10 bits per heavy atom. The van der Waals surface area contributed by atoms with Crippen molar-refractivity contribution in [3.63, 3.8) is 0 Å². The highest BCUT2D eigenvalue weighted by Gasteiger charge is 2.52. The largest absolute Gasteiger partial charge is 0.326 e. The van der Waals surface area contributed by atoms with Crippen LogP contribution in [0.2, 0.25) is 0 Å². The van der Waals surface area contributed by atoms with Crippen molar-refractivity contribution in [3.8, 4) is 0 Å². The fourth-order valence-electron chi connectivity index (χ4n) is 3.77. The molecule has 1 saturated carbocycles. The maximum Gasteiger partial charge on any atom is 0.233 e. The first kappa shape index (κ1) is 14.3. The summed E-state index contributed by atoms with van der Waals surface area (Å²) in [5, 5.41) is 0. The highest BCUT2D eigenvalue weighted by molar-refractivity contribution is 6.05. The smallest absolute Gasteiger partial charge is 0.233 e. The van der Waals surface area contributed by atoms with E-state index < -0.39 is 0 Å². The van der Waals surface area contributed by atoms with Gasteiger partial charge >= 0.3 is 0 Å². The third kappa shape index (κ3) is 2.38. The summed E-state index contributed by atoms with van der Waals surface area (Å²) in [4.78, 5) is 26.5. The van der Waals surface area contributed by atoms with E-state index in [9.17, 15) is 9.59 Å². The molecule has 0 aromatic heterocycles. The van der Waals surface area contributed by atoms with E-state index in [-0.39, 0.29) is 23.7 Å². The Kier molecular flexibility index (Phi) is 3.81. The molecule has 112 valence electrons. The number of amides is 2. The number of benzene rings is 1. The van der Waals surface area contributed by atoms with Gasteiger partial charge in [0.2, 0.25) is 11.8 Å². The lowest BCUT2D eigenvalue weighted by molar-refractivity contribution is -0.141. The Bertz CT molecular complexity index is 546. The molecule has 1 aliphatic carbocycles. The topological polar surface area (TPSA) is 63.4 Å². The maximum atomic E-state index is 12.5. The van der Waals surface area contributed by atoms with E-state index in [1.165, 1.54) is 4.90 Å². The quantitative estimate of drug-likeness (QED) is 0.862. The number of hydrogen-bond acceptors (Lipinski definition) is 3. The molecular formula is C17H22N2O2. The molecule has 2 fully saturated rings. The summed E-state index contributed by atoms with van der Waals surface area (Å²) in [5.41, 5.74) is 7.72. The molecule has 1 aromatic rings. The minimum absolute atomic E-state index is 0.0211. The summed E-state index contributed by atoms with van der Waals surface area (Å²) in [5.74, 6) is 0.423. The zero-order valence-corrected chi connectivity index (χ0v) is 12.4. The van der Waals surface area contributed by atoms with Gasteiger partial charge in [-0.1, -0.05) is 37.6 Å². The zero-order valence-electron chi connectivity index (χ0n) is 12.4. The van der Waals surface area contributed by atoms with Crippen molar-refractivity contribution in [2.75, 3.05) is 0 Å².